The van der Waals surface area contributed by atoms with Gasteiger partial charge in [0.1, 0.15) is 25.2 Å². The second-order valence-corrected chi connectivity index (χ2v) is 4.83. The third-order valence-electron chi connectivity index (χ3n) is 2.73. The summed E-state index contributed by atoms with van der Waals surface area (Å²) in [6, 6.07) is 5.31. The molecule has 1 atom stereocenters. The van der Waals surface area contributed by atoms with E-state index in [0.717, 1.165) is 5.69 Å². The molecule has 8 heteroatoms. The van der Waals surface area contributed by atoms with Crippen LogP contribution in [0.15, 0.2) is 36.0 Å². The fourth-order valence-electron chi connectivity index (χ4n) is 1.86. The van der Waals surface area contributed by atoms with Crippen molar-refractivity contribution in [3.05, 3.63) is 40.9 Å². The van der Waals surface area contributed by atoms with Gasteiger partial charge in [0.05, 0.1) is 17.3 Å². The van der Waals surface area contributed by atoms with Crippen molar-refractivity contribution >= 4 is 35.2 Å². The Labute approximate surface area is 119 Å². The van der Waals surface area contributed by atoms with E-state index < -0.39 is 0 Å². The minimum atomic E-state index is -0.0691. The predicted molar refractivity (Wildman–Crippen MR) is 74.4 cm³/mol. The number of nitrogens with zero attached hydrogens (tertiary/aromatic N) is 5. The van der Waals surface area contributed by atoms with Crippen LogP contribution < -0.4 is 10.3 Å². The SMILES string of the molecule is Clc1ccc(N2N=CNC2Cn2cncn2)c(Cl)c1. The summed E-state index contributed by atoms with van der Waals surface area (Å²) >= 11 is 12.1. The van der Waals surface area contributed by atoms with Crippen molar-refractivity contribution in [3.8, 4) is 0 Å². The molecule has 0 saturated carbocycles. The highest BCUT2D eigenvalue weighted by atomic mass is 35.5. The van der Waals surface area contributed by atoms with E-state index >= 15 is 0 Å². The molecule has 0 saturated heterocycles. The van der Waals surface area contributed by atoms with Crippen molar-refractivity contribution in [2.75, 3.05) is 5.01 Å². The van der Waals surface area contributed by atoms with Crippen molar-refractivity contribution in [2.24, 2.45) is 5.10 Å². The van der Waals surface area contributed by atoms with E-state index in [9.17, 15) is 0 Å². The molecule has 1 unspecified atom stereocenters. The first-order chi connectivity index (χ1) is 9.24. The van der Waals surface area contributed by atoms with Gasteiger partial charge >= 0.3 is 0 Å². The maximum absolute atomic E-state index is 6.19. The Morgan fingerprint density at radius 3 is 2.95 bits per heavy atom. The minimum Gasteiger partial charge on any atom is -0.352 e. The highest BCUT2D eigenvalue weighted by Crippen LogP contribution is 2.30. The zero-order valence-corrected chi connectivity index (χ0v) is 11.3. The number of halogens is 2. The van der Waals surface area contributed by atoms with Gasteiger partial charge in [-0.05, 0) is 18.2 Å². The lowest BCUT2D eigenvalue weighted by molar-refractivity contribution is 0.481. The van der Waals surface area contributed by atoms with Crippen molar-refractivity contribution < 1.29 is 0 Å². The van der Waals surface area contributed by atoms with Gasteiger partial charge in [-0.1, -0.05) is 23.2 Å². The van der Waals surface area contributed by atoms with Crippen LogP contribution in [-0.4, -0.2) is 27.3 Å². The lowest BCUT2D eigenvalue weighted by Gasteiger charge is -2.24. The maximum atomic E-state index is 6.19. The monoisotopic (exact) mass is 296 g/mol. The molecule has 1 aromatic heterocycles. The lowest BCUT2D eigenvalue weighted by atomic mass is 10.3. The molecule has 0 aliphatic carbocycles. The Kier molecular flexibility index (Phi) is 3.27. The molecule has 3 rings (SSSR count). The standard InChI is InChI=1S/C11H10Cl2N6/c12-8-1-2-10(9(13)3-8)19-11(15-6-17-19)4-18-7-14-5-16-18/h1-3,5-7,11H,4H2,(H,15,17). The summed E-state index contributed by atoms with van der Waals surface area (Å²) in [6.45, 7) is 0.596. The van der Waals surface area contributed by atoms with Crippen molar-refractivity contribution in [2.45, 2.75) is 12.7 Å². The van der Waals surface area contributed by atoms with Crippen LogP contribution in [0.4, 0.5) is 5.69 Å². The lowest BCUT2D eigenvalue weighted by Crippen LogP contribution is -2.40. The summed E-state index contributed by atoms with van der Waals surface area (Å²) in [5.41, 5.74) is 0.789. The van der Waals surface area contributed by atoms with Crippen LogP contribution in [0.5, 0.6) is 0 Å². The number of benzene rings is 1. The largest absolute Gasteiger partial charge is 0.352 e. The second kappa shape index (κ2) is 5.07. The zero-order chi connectivity index (χ0) is 13.2. The Morgan fingerprint density at radius 1 is 1.32 bits per heavy atom. The normalized spacial score (nSPS) is 17.8. The van der Waals surface area contributed by atoms with Crippen LogP contribution in [0.2, 0.25) is 10.0 Å². The quantitative estimate of drug-likeness (QED) is 0.941. The van der Waals surface area contributed by atoms with E-state index in [1.54, 1.807) is 34.5 Å². The summed E-state index contributed by atoms with van der Waals surface area (Å²) in [5.74, 6) is 0. The van der Waals surface area contributed by atoms with Crippen molar-refractivity contribution in [1.29, 1.82) is 0 Å². The first-order valence-corrected chi connectivity index (χ1v) is 6.35. The van der Waals surface area contributed by atoms with Gasteiger partial charge < -0.3 is 5.32 Å². The average molecular weight is 297 g/mol. The minimum absolute atomic E-state index is 0.0691. The number of hydrogen-bond donors (Lipinski definition) is 1. The Bertz CT molecular complexity index is 597. The molecule has 1 aromatic carbocycles. The van der Waals surface area contributed by atoms with Gasteiger partial charge in [-0.3, -0.25) is 0 Å². The Balaban J connectivity index is 1.84. The first-order valence-electron chi connectivity index (χ1n) is 5.59. The van der Waals surface area contributed by atoms with Crippen molar-refractivity contribution in [3.63, 3.8) is 0 Å². The van der Waals surface area contributed by atoms with Crippen molar-refractivity contribution in [1.82, 2.24) is 20.1 Å². The third kappa shape index (κ3) is 2.50. The number of aromatic nitrogens is 3. The number of rotatable bonds is 3. The fraction of sp³-hybridized carbons (Fsp3) is 0.182. The molecule has 98 valence electrons. The highest BCUT2D eigenvalue weighted by Gasteiger charge is 2.24. The van der Waals surface area contributed by atoms with Gasteiger partial charge in [0.25, 0.3) is 0 Å². The number of hydrazone groups is 1. The molecule has 2 heterocycles. The number of anilines is 1. The summed E-state index contributed by atoms with van der Waals surface area (Å²) < 4.78 is 1.73. The van der Waals surface area contributed by atoms with Crippen LogP contribution in [0.1, 0.15) is 0 Å². The molecule has 2 aromatic rings. The molecule has 1 aliphatic heterocycles. The highest BCUT2D eigenvalue weighted by molar-refractivity contribution is 6.36. The molecule has 0 spiro atoms. The number of nitrogens with one attached hydrogen (secondary N) is 1. The van der Waals surface area contributed by atoms with Crippen LogP contribution in [0, 0.1) is 0 Å². The molecular weight excluding hydrogens is 287 g/mol. The second-order valence-electron chi connectivity index (χ2n) is 3.98. The fourth-order valence-corrected chi connectivity index (χ4v) is 2.36. The molecular formula is C11H10Cl2N6. The third-order valence-corrected chi connectivity index (χ3v) is 3.27. The molecule has 0 fully saturated rings. The predicted octanol–water partition coefficient (Wildman–Crippen LogP) is 1.96. The molecule has 1 N–H and O–H groups in total. The Hall–Kier alpha value is -1.79. The van der Waals surface area contributed by atoms with Gasteiger partial charge in [-0.15, -0.1) is 0 Å². The molecule has 6 nitrogen and oxygen atoms in total. The van der Waals surface area contributed by atoms with Crippen LogP contribution in [0.25, 0.3) is 0 Å². The maximum Gasteiger partial charge on any atom is 0.141 e. The number of hydrogen-bond acceptors (Lipinski definition) is 5. The topological polar surface area (TPSA) is 58.3 Å². The molecule has 0 radical (unpaired) electrons. The average Bonchev–Trinajstić information content (AvgIpc) is 3.02. The summed E-state index contributed by atoms with van der Waals surface area (Å²) in [7, 11) is 0. The van der Waals surface area contributed by atoms with Gasteiger partial charge in [-0.2, -0.15) is 10.2 Å². The summed E-state index contributed by atoms with van der Waals surface area (Å²) in [6.07, 6.45) is 4.71. The molecule has 0 amide bonds. The van der Waals surface area contributed by atoms with Gasteiger partial charge in [0.15, 0.2) is 0 Å². The van der Waals surface area contributed by atoms with E-state index in [2.05, 4.69) is 20.5 Å². The van der Waals surface area contributed by atoms with Crippen LogP contribution in [0.3, 0.4) is 0 Å². The van der Waals surface area contributed by atoms with E-state index in [1.165, 1.54) is 6.33 Å². The molecule has 0 bridgehead atoms. The first kappa shape index (κ1) is 12.3. The van der Waals surface area contributed by atoms with E-state index in [1.807, 2.05) is 6.07 Å². The summed E-state index contributed by atoms with van der Waals surface area (Å²) in [4.78, 5) is 3.91. The van der Waals surface area contributed by atoms with E-state index in [-0.39, 0.29) is 6.17 Å². The van der Waals surface area contributed by atoms with Gasteiger partial charge in [0, 0.05) is 5.02 Å². The van der Waals surface area contributed by atoms with Gasteiger partial charge in [0.2, 0.25) is 0 Å². The smallest absolute Gasteiger partial charge is 0.141 e. The van der Waals surface area contributed by atoms with Crippen LogP contribution >= 0.6 is 23.2 Å². The zero-order valence-electron chi connectivity index (χ0n) is 9.74. The van der Waals surface area contributed by atoms with E-state index in [4.69, 9.17) is 23.2 Å². The van der Waals surface area contributed by atoms with Gasteiger partial charge in [-0.25, -0.2) is 14.7 Å². The Morgan fingerprint density at radius 2 is 2.21 bits per heavy atom. The molecule has 1 aliphatic rings. The molecule has 19 heavy (non-hydrogen) atoms. The van der Waals surface area contributed by atoms with Crippen LogP contribution in [-0.2, 0) is 6.54 Å². The van der Waals surface area contributed by atoms with E-state index in [0.29, 0.717) is 16.6 Å². The summed E-state index contributed by atoms with van der Waals surface area (Å²) in [5, 5.41) is 14.4.